The topological polar surface area (TPSA) is 94.7 Å². The van der Waals surface area contributed by atoms with E-state index in [1.807, 2.05) is 29.6 Å². The van der Waals surface area contributed by atoms with Crippen LogP contribution in [0, 0.1) is 0 Å². The maximum absolute atomic E-state index is 11.3. The SMILES string of the molecule is CN(C(=O)O)C1CCCC(c2c[nH]c3ccc(N=C(N)c4cccs4)cc23)C1. The molecule has 0 bridgehead atoms. The summed E-state index contributed by atoms with van der Waals surface area (Å²) in [5.41, 5.74) is 9.28. The van der Waals surface area contributed by atoms with Crippen molar-refractivity contribution in [3.8, 4) is 0 Å². The number of hydrogen-bond acceptors (Lipinski definition) is 3. The van der Waals surface area contributed by atoms with Crippen molar-refractivity contribution in [3.63, 3.8) is 0 Å². The number of nitrogens with two attached hydrogens (primary N) is 1. The first kappa shape index (κ1) is 18.6. The lowest BCUT2D eigenvalue weighted by molar-refractivity contribution is 0.123. The molecule has 0 saturated heterocycles. The van der Waals surface area contributed by atoms with Crippen molar-refractivity contribution in [2.75, 3.05) is 7.05 Å². The van der Waals surface area contributed by atoms with Gasteiger partial charge >= 0.3 is 6.09 Å². The van der Waals surface area contributed by atoms with E-state index in [2.05, 4.69) is 22.2 Å². The lowest BCUT2D eigenvalue weighted by Gasteiger charge is -2.33. The molecule has 2 heterocycles. The third-order valence-corrected chi connectivity index (χ3v) is 6.55. The third-order valence-electron chi connectivity index (χ3n) is 5.66. The molecule has 1 fully saturated rings. The fraction of sp³-hybridized carbons (Fsp3) is 0.333. The number of rotatable bonds is 4. The summed E-state index contributed by atoms with van der Waals surface area (Å²) in [6.07, 6.45) is 5.08. The summed E-state index contributed by atoms with van der Waals surface area (Å²) in [6.45, 7) is 0. The summed E-state index contributed by atoms with van der Waals surface area (Å²) in [5.74, 6) is 0.857. The summed E-state index contributed by atoms with van der Waals surface area (Å²) in [7, 11) is 1.67. The number of carboxylic acid groups (broad SMARTS) is 1. The van der Waals surface area contributed by atoms with Crippen LogP contribution in [0.25, 0.3) is 10.9 Å². The molecule has 4 N–H and O–H groups in total. The van der Waals surface area contributed by atoms with E-state index in [-0.39, 0.29) is 6.04 Å². The smallest absolute Gasteiger partial charge is 0.407 e. The van der Waals surface area contributed by atoms with E-state index in [4.69, 9.17) is 5.73 Å². The van der Waals surface area contributed by atoms with Crippen molar-refractivity contribution in [2.24, 2.45) is 10.7 Å². The van der Waals surface area contributed by atoms with Gasteiger partial charge in [-0.1, -0.05) is 12.5 Å². The molecule has 0 aliphatic heterocycles. The maximum Gasteiger partial charge on any atom is 0.407 e. The molecule has 146 valence electrons. The predicted molar refractivity (Wildman–Crippen MR) is 114 cm³/mol. The van der Waals surface area contributed by atoms with Gasteiger partial charge in [-0.05, 0) is 60.4 Å². The highest BCUT2D eigenvalue weighted by Gasteiger charge is 2.29. The highest BCUT2D eigenvalue weighted by atomic mass is 32.1. The maximum atomic E-state index is 11.3. The number of H-pyrrole nitrogens is 1. The van der Waals surface area contributed by atoms with Crippen molar-refractivity contribution in [3.05, 3.63) is 52.3 Å². The number of fused-ring (bicyclic) bond motifs is 1. The van der Waals surface area contributed by atoms with Crippen molar-refractivity contribution in [2.45, 2.75) is 37.6 Å². The summed E-state index contributed by atoms with van der Waals surface area (Å²) in [5, 5.41) is 12.4. The summed E-state index contributed by atoms with van der Waals surface area (Å²) in [4.78, 5) is 21.7. The molecule has 1 aromatic carbocycles. The Morgan fingerprint density at radius 3 is 2.96 bits per heavy atom. The molecule has 4 rings (SSSR count). The van der Waals surface area contributed by atoms with E-state index < -0.39 is 6.09 Å². The Labute approximate surface area is 167 Å². The van der Waals surface area contributed by atoms with E-state index in [9.17, 15) is 9.90 Å². The fourth-order valence-corrected chi connectivity index (χ4v) is 4.74. The molecule has 1 amide bonds. The van der Waals surface area contributed by atoms with Crippen LogP contribution in [0.15, 0.2) is 46.9 Å². The van der Waals surface area contributed by atoms with E-state index in [0.29, 0.717) is 11.8 Å². The molecule has 2 atom stereocenters. The molecule has 2 aromatic heterocycles. The van der Waals surface area contributed by atoms with Crippen LogP contribution in [0.1, 0.15) is 42.0 Å². The number of nitrogens with zero attached hydrogens (tertiary/aromatic N) is 2. The quantitative estimate of drug-likeness (QED) is 0.432. The first-order chi connectivity index (χ1) is 13.5. The lowest BCUT2D eigenvalue weighted by atomic mass is 9.81. The number of thiophene rings is 1. The second-order valence-corrected chi connectivity index (χ2v) is 8.31. The number of carbonyl (C=O) groups is 1. The van der Waals surface area contributed by atoms with Crippen LogP contribution in [-0.2, 0) is 0 Å². The molecular formula is C21H24N4O2S. The van der Waals surface area contributed by atoms with Crippen LogP contribution >= 0.6 is 11.3 Å². The van der Waals surface area contributed by atoms with Gasteiger partial charge in [-0.15, -0.1) is 11.3 Å². The zero-order chi connectivity index (χ0) is 19.7. The normalized spacial score (nSPS) is 20.4. The molecular weight excluding hydrogens is 372 g/mol. The van der Waals surface area contributed by atoms with Crippen LogP contribution in [-0.4, -0.2) is 40.0 Å². The zero-order valence-electron chi connectivity index (χ0n) is 15.8. The Balaban J connectivity index is 1.63. The number of aromatic nitrogens is 1. The Hall–Kier alpha value is -2.80. The molecule has 7 heteroatoms. The monoisotopic (exact) mass is 396 g/mol. The van der Waals surface area contributed by atoms with Gasteiger partial charge in [-0.2, -0.15) is 0 Å². The lowest BCUT2D eigenvalue weighted by Crippen LogP contribution is -2.38. The van der Waals surface area contributed by atoms with E-state index in [0.717, 1.165) is 47.2 Å². The van der Waals surface area contributed by atoms with E-state index >= 15 is 0 Å². The second kappa shape index (κ2) is 7.67. The van der Waals surface area contributed by atoms with Gasteiger partial charge in [0.25, 0.3) is 0 Å². The van der Waals surface area contributed by atoms with Gasteiger partial charge in [0.15, 0.2) is 0 Å². The summed E-state index contributed by atoms with van der Waals surface area (Å²) >= 11 is 1.57. The number of amidine groups is 1. The number of aromatic amines is 1. The van der Waals surface area contributed by atoms with Gasteiger partial charge in [0, 0.05) is 30.2 Å². The van der Waals surface area contributed by atoms with Crippen molar-refractivity contribution < 1.29 is 9.90 Å². The highest BCUT2D eigenvalue weighted by Crippen LogP contribution is 2.39. The van der Waals surface area contributed by atoms with Gasteiger partial charge in [-0.25, -0.2) is 9.79 Å². The molecule has 2 unspecified atom stereocenters. The van der Waals surface area contributed by atoms with Crippen molar-refractivity contribution >= 4 is 39.9 Å². The van der Waals surface area contributed by atoms with Crippen LogP contribution < -0.4 is 5.73 Å². The second-order valence-electron chi connectivity index (χ2n) is 7.36. The Bertz CT molecular complexity index is 1010. The van der Waals surface area contributed by atoms with Gasteiger partial charge < -0.3 is 20.7 Å². The number of hydrogen-bond donors (Lipinski definition) is 3. The zero-order valence-corrected chi connectivity index (χ0v) is 16.6. The van der Waals surface area contributed by atoms with E-state index in [1.54, 1.807) is 18.4 Å². The molecule has 3 aromatic rings. The van der Waals surface area contributed by atoms with Crippen LogP contribution in [0.3, 0.4) is 0 Å². The Kier molecular flexibility index (Phi) is 5.09. The number of aliphatic imine (C=N–C) groups is 1. The average molecular weight is 397 g/mol. The first-order valence-corrected chi connectivity index (χ1v) is 10.4. The molecule has 28 heavy (non-hydrogen) atoms. The van der Waals surface area contributed by atoms with E-state index in [1.165, 1.54) is 10.5 Å². The largest absolute Gasteiger partial charge is 0.465 e. The first-order valence-electron chi connectivity index (χ1n) is 9.47. The number of amides is 1. The summed E-state index contributed by atoms with van der Waals surface area (Å²) in [6, 6.07) is 10.1. The van der Waals surface area contributed by atoms with Gasteiger partial charge in [0.05, 0.1) is 10.6 Å². The molecule has 6 nitrogen and oxygen atoms in total. The van der Waals surface area contributed by atoms with Gasteiger partial charge in [-0.3, -0.25) is 0 Å². The van der Waals surface area contributed by atoms with Gasteiger partial charge in [0.2, 0.25) is 0 Å². The van der Waals surface area contributed by atoms with Crippen molar-refractivity contribution in [1.82, 2.24) is 9.88 Å². The molecule has 1 aliphatic rings. The number of benzene rings is 1. The molecule has 0 spiro atoms. The Morgan fingerprint density at radius 1 is 1.36 bits per heavy atom. The Morgan fingerprint density at radius 2 is 2.21 bits per heavy atom. The minimum absolute atomic E-state index is 0.0666. The van der Waals surface area contributed by atoms with Crippen molar-refractivity contribution in [1.29, 1.82) is 0 Å². The number of nitrogens with one attached hydrogen (secondary N) is 1. The summed E-state index contributed by atoms with van der Waals surface area (Å²) < 4.78 is 0. The third kappa shape index (κ3) is 3.62. The van der Waals surface area contributed by atoms with Crippen LogP contribution in [0.5, 0.6) is 0 Å². The van der Waals surface area contributed by atoms with Crippen LogP contribution in [0.4, 0.5) is 10.5 Å². The molecule has 1 saturated carbocycles. The highest BCUT2D eigenvalue weighted by molar-refractivity contribution is 7.12. The molecule has 0 radical (unpaired) electrons. The predicted octanol–water partition coefficient (Wildman–Crippen LogP) is 4.90. The fourth-order valence-electron chi connectivity index (χ4n) is 4.11. The minimum Gasteiger partial charge on any atom is -0.465 e. The minimum atomic E-state index is -0.856. The standard InChI is InChI=1S/C21H24N4O2S/c1-25(21(26)27)15-5-2-4-13(10-15)17-12-23-18-8-7-14(11-16(17)18)24-20(22)19-6-3-9-28-19/h3,6-9,11-13,15,23H,2,4-5,10H2,1H3,(H2,22,24)(H,26,27). The van der Waals surface area contributed by atoms with Gasteiger partial charge in [0.1, 0.15) is 5.84 Å². The van der Waals surface area contributed by atoms with Crippen LogP contribution in [0.2, 0.25) is 0 Å². The average Bonchev–Trinajstić information content (AvgIpc) is 3.37. The molecule has 1 aliphatic carbocycles.